The van der Waals surface area contributed by atoms with E-state index in [1.165, 1.54) is 6.21 Å². The van der Waals surface area contributed by atoms with E-state index < -0.39 is 5.91 Å². The smallest absolute Gasteiger partial charge is 0.277 e. The van der Waals surface area contributed by atoms with Crippen LogP contribution in [0.15, 0.2) is 90.2 Å². The molecular weight excluding hydrogens is 468 g/mol. The van der Waals surface area contributed by atoms with Gasteiger partial charge in [-0.15, -0.1) is 0 Å². The van der Waals surface area contributed by atoms with Gasteiger partial charge in [0.1, 0.15) is 17.0 Å². The Morgan fingerprint density at radius 1 is 0.914 bits per heavy atom. The van der Waals surface area contributed by atoms with Gasteiger partial charge in [-0.1, -0.05) is 35.9 Å². The molecule has 4 aromatic rings. The van der Waals surface area contributed by atoms with Gasteiger partial charge in [-0.3, -0.25) is 14.6 Å². The van der Waals surface area contributed by atoms with Crippen LogP contribution in [-0.2, 0) is 9.59 Å². The summed E-state index contributed by atoms with van der Waals surface area (Å²) in [6.45, 7) is -0.348. The first-order chi connectivity index (χ1) is 17.1. The number of halogens is 1. The Labute approximate surface area is 206 Å². The van der Waals surface area contributed by atoms with E-state index in [0.717, 1.165) is 10.9 Å². The molecular formula is C26H21ClN4O4. The summed E-state index contributed by atoms with van der Waals surface area (Å²) in [6.07, 6.45) is 3.17. The predicted octanol–water partition coefficient (Wildman–Crippen LogP) is 4.43. The Morgan fingerprint density at radius 2 is 1.69 bits per heavy atom. The number of carbonyl (C=O) groups excluding carboxylic acids is 2. The van der Waals surface area contributed by atoms with Crippen LogP contribution < -0.4 is 20.2 Å². The number of hydrazone groups is 1. The summed E-state index contributed by atoms with van der Waals surface area (Å²) < 4.78 is 11.1. The molecule has 176 valence electrons. The lowest BCUT2D eigenvalue weighted by Gasteiger charge is -2.08. The number of nitrogens with zero attached hydrogens (tertiary/aromatic N) is 2. The maximum atomic E-state index is 12.1. The quantitative estimate of drug-likeness (QED) is 0.268. The Kier molecular flexibility index (Phi) is 7.88. The standard InChI is InChI=1S/C26H21ClN4O4/c27-20-6-2-7-21(14-20)30-24(32)16-34-22-11-9-18(10-12-22)15-29-31-25(33)17-35-23-8-1-4-19-5-3-13-28-26(19)23/h1-15H,16-17H2,(H,30,32)(H,31,33)/b29-15-. The van der Waals surface area contributed by atoms with E-state index in [0.29, 0.717) is 27.7 Å². The van der Waals surface area contributed by atoms with Crippen LogP contribution in [0.2, 0.25) is 5.02 Å². The Balaban J connectivity index is 1.21. The highest BCUT2D eigenvalue weighted by Crippen LogP contribution is 2.22. The van der Waals surface area contributed by atoms with Gasteiger partial charge in [0.05, 0.1) is 6.21 Å². The van der Waals surface area contributed by atoms with Gasteiger partial charge < -0.3 is 14.8 Å². The van der Waals surface area contributed by atoms with Crippen molar-refractivity contribution in [2.45, 2.75) is 0 Å². The molecule has 35 heavy (non-hydrogen) atoms. The molecule has 0 bridgehead atoms. The second kappa shape index (κ2) is 11.6. The zero-order chi connectivity index (χ0) is 24.5. The maximum Gasteiger partial charge on any atom is 0.277 e. The summed E-state index contributed by atoms with van der Waals surface area (Å²) in [5.41, 5.74) is 4.45. The van der Waals surface area contributed by atoms with Gasteiger partial charge in [0.2, 0.25) is 0 Å². The number of fused-ring (bicyclic) bond motifs is 1. The number of para-hydroxylation sites is 1. The third kappa shape index (κ3) is 7.02. The molecule has 0 saturated heterocycles. The Morgan fingerprint density at radius 3 is 2.51 bits per heavy atom. The summed E-state index contributed by atoms with van der Waals surface area (Å²) >= 11 is 5.90. The monoisotopic (exact) mass is 488 g/mol. The average Bonchev–Trinajstić information content (AvgIpc) is 2.87. The van der Waals surface area contributed by atoms with E-state index in [2.05, 4.69) is 20.8 Å². The first-order valence-electron chi connectivity index (χ1n) is 10.6. The molecule has 0 aliphatic rings. The lowest BCUT2D eigenvalue weighted by atomic mass is 10.2. The van der Waals surface area contributed by atoms with Crippen LogP contribution in [0.4, 0.5) is 5.69 Å². The molecule has 0 saturated carbocycles. The number of aromatic nitrogens is 1. The van der Waals surface area contributed by atoms with E-state index in [4.69, 9.17) is 21.1 Å². The van der Waals surface area contributed by atoms with Crippen molar-refractivity contribution in [2.24, 2.45) is 5.10 Å². The molecule has 4 rings (SSSR count). The van der Waals surface area contributed by atoms with E-state index in [1.54, 1.807) is 60.8 Å². The molecule has 0 aliphatic carbocycles. The number of hydrogen-bond donors (Lipinski definition) is 2. The second-order valence-electron chi connectivity index (χ2n) is 7.33. The molecule has 0 spiro atoms. The Bertz CT molecular complexity index is 1350. The van der Waals surface area contributed by atoms with Crippen LogP contribution in [0.3, 0.4) is 0 Å². The van der Waals surface area contributed by atoms with Crippen molar-refractivity contribution >= 4 is 46.2 Å². The molecule has 1 aromatic heterocycles. The number of carbonyl (C=O) groups is 2. The van der Waals surface area contributed by atoms with Gasteiger partial charge >= 0.3 is 0 Å². The molecule has 0 unspecified atom stereocenters. The SMILES string of the molecule is O=C(COc1cccc2cccnc12)N/N=C\c1ccc(OCC(=O)Nc2cccc(Cl)c2)cc1. The van der Waals surface area contributed by atoms with Crippen molar-refractivity contribution in [1.82, 2.24) is 10.4 Å². The first-order valence-corrected chi connectivity index (χ1v) is 11.0. The van der Waals surface area contributed by atoms with Gasteiger partial charge in [0, 0.05) is 22.3 Å². The lowest BCUT2D eigenvalue weighted by molar-refractivity contribution is -0.123. The van der Waals surface area contributed by atoms with E-state index in [1.807, 2.05) is 24.3 Å². The number of nitrogens with one attached hydrogen (secondary N) is 2. The van der Waals surface area contributed by atoms with Gasteiger partial charge in [0.25, 0.3) is 11.8 Å². The minimum atomic E-state index is -0.403. The molecule has 9 heteroatoms. The molecule has 0 atom stereocenters. The molecule has 0 fully saturated rings. The average molecular weight is 489 g/mol. The number of rotatable bonds is 9. The summed E-state index contributed by atoms with van der Waals surface area (Å²) in [4.78, 5) is 28.4. The lowest BCUT2D eigenvalue weighted by Crippen LogP contribution is -2.24. The van der Waals surface area contributed by atoms with Gasteiger partial charge in [-0.25, -0.2) is 5.43 Å². The maximum absolute atomic E-state index is 12.1. The van der Waals surface area contributed by atoms with Crippen molar-refractivity contribution in [3.05, 3.63) is 95.6 Å². The fraction of sp³-hybridized carbons (Fsp3) is 0.0769. The summed E-state index contributed by atoms with van der Waals surface area (Å²) in [7, 11) is 0. The number of anilines is 1. The number of ether oxygens (including phenoxy) is 2. The van der Waals surface area contributed by atoms with Crippen molar-refractivity contribution in [2.75, 3.05) is 18.5 Å². The number of amides is 2. The van der Waals surface area contributed by atoms with Crippen LogP contribution in [-0.4, -0.2) is 36.2 Å². The van der Waals surface area contributed by atoms with E-state index >= 15 is 0 Å². The van der Waals surface area contributed by atoms with Crippen molar-refractivity contribution in [1.29, 1.82) is 0 Å². The van der Waals surface area contributed by atoms with E-state index in [-0.39, 0.29) is 19.1 Å². The van der Waals surface area contributed by atoms with Crippen LogP contribution in [0.1, 0.15) is 5.56 Å². The first kappa shape index (κ1) is 23.7. The largest absolute Gasteiger partial charge is 0.484 e. The zero-order valence-corrected chi connectivity index (χ0v) is 19.2. The number of benzene rings is 3. The third-order valence-electron chi connectivity index (χ3n) is 4.72. The number of pyridine rings is 1. The molecule has 1 heterocycles. The van der Waals surface area contributed by atoms with Crippen LogP contribution >= 0.6 is 11.6 Å². The molecule has 8 nitrogen and oxygen atoms in total. The minimum Gasteiger partial charge on any atom is -0.484 e. The van der Waals surface area contributed by atoms with Gasteiger partial charge in [0.15, 0.2) is 13.2 Å². The fourth-order valence-electron chi connectivity index (χ4n) is 3.11. The van der Waals surface area contributed by atoms with Gasteiger partial charge in [-0.2, -0.15) is 5.10 Å². The van der Waals surface area contributed by atoms with Crippen LogP contribution in [0.5, 0.6) is 11.5 Å². The molecule has 3 aromatic carbocycles. The third-order valence-corrected chi connectivity index (χ3v) is 4.95. The molecule has 0 aliphatic heterocycles. The normalized spacial score (nSPS) is 10.8. The molecule has 2 amide bonds. The number of hydrogen-bond acceptors (Lipinski definition) is 6. The van der Waals surface area contributed by atoms with Gasteiger partial charge in [-0.05, 0) is 60.2 Å². The van der Waals surface area contributed by atoms with Crippen molar-refractivity contribution in [3.8, 4) is 11.5 Å². The highest BCUT2D eigenvalue weighted by atomic mass is 35.5. The summed E-state index contributed by atoms with van der Waals surface area (Å²) in [5.74, 6) is 0.338. The Hall–Kier alpha value is -4.43. The molecule has 0 radical (unpaired) electrons. The zero-order valence-electron chi connectivity index (χ0n) is 18.5. The van der Waals surface area contributed by atoms with Crippen LogP contribution in [0.25, 0.3) is 10.9 Å². The predicted molar refractivity (Wildman–Crippen MR) is 135 cm³/mol. The summed E-state index contributed by atoms with van der Waals surface area (Å²) in [6, 6.07) is 23.0. The summed E-state index contributed by atoms with van der Waals surface area (Å²) in [5, 5.41) is 8.11. The fourth-order valence-corrected chi connectivity index (χ4v) is 3.30. The minimum absolute atomic E-state index is 0.151. The van der Waals surface area contributed by atoms with E-state index in [9.17, 15) is 9.59 Å². The van der Waals surface area contributed by atoms with Crippen molar-refractivity contribution in [3.63, 3.8) is 0 Å². The second-order valence-corrected chi connectivity index (χ2v) is 7.77. The van der Waals surface area contributed by atoms with Crippen LogP contribution in [0, 0.1) is 0 Å². The molecule has 2 N–H and O–H groups in total. The highest BCUT2D eigenvalue weighted by Gasteiger charge is 2.07. The highest BCUT2D eigenvalue weighted by molar-refractivity contribution is 6.30. The van der Waals surface area contributed by atoms with Crippen molar-refractivity contribution < 1.29 is 19.1 Å². The topological polar surface area (TPSA) is 102 Å².